The number of anilines is 1. The minimum Gasteiger partial charge on any atom is -0.771 e. The molecule has 1 fully saturated rings. The predicted octanol–water partition coefficient (Wildman–Crippen LogP) is 2.13. The second-order valence-corrected chi connectivity index (χ2v) is 8.14. The number of nitrogens with one attached hydrogen (secondary N) is 1. The van der Waals surface area contributed by atoms with E-state index >= 15 is 0 Å². The maximum atomic E-state index is 10.8. The van der Waals surface area contributed by atoms with Gasteiger partial charge in [-0.3, -0.25) is 9.11 Å². The summed E-state index contributed by atoms with van der Waals surface area (Å²) < 4.78 is 29.1. The molecule has 0 spiro atoms. The van der Waals surface area contributed by atoms with Gasteiger partial charge in [0.2, 0.25) is 11.6 Å². The summed E-state index contributed by atoms with van der Waals surface area (Å²) >= 11 is 4.23. The lowest BCUT2D eigenvalue weighted by atomic mass is 10.1. The van der Waals surface area contributed by atoms with Gasteiger partial charge in [0.25, 0.3) is 0 Å². The van der Waals surface area contributed by atoms with E-state index in [0.717, 1.165) is 25.9 Å². The van der Waals surface area contributed by atoms with Crippen LogP contribution in [0.3, 0.4) is 0 Å². The number of halogens is 1. The molecule has 1 N–H and O–H groups in total. The van der Waals surface area contributed by atoms with Crippen LogP contribution in [-0.4, -0.2) is 59.9 Å². The van der Waals surface area contributed by atoms with E-state index in [4.69, 9.17) is 16.3 Å². The Bertz CT molecular complexity index is 777. The topological polar surface area (TPSA) is 94.8 Å². The first-order chi connectivity index (χ1) is 12.4. The fourth-order valence-electron chi connectivity index (χ4n) is 2.88. The maximum Gasteiger partial charge on any atom is 0.243 e. The van der Waals surface area contributed by atoms with Crippen molar-refractivity contribution in [2.24, 2.45) is 5.92 Å². The Labute approximate surface area is 160 Å². The molecule has 3 heterocycles. The molecule has 0 radical (unpaired) electrons. The van der Waals surface area contributed by atoms with Crippen LogP contribution in [0.2, 0.25) is 5.02 Å². The van der Waals surface area contributed by atoms with Crippen LogP contribution in [0.25, 0.3) is 5.65 Å². The van der Waals surface area contributed by atoms with Crippen molar-refractivity contribution in [2.45, 2.75) is 32.7 Å². The van der Waals surface area contributed by atoms with Gasteiger partial charge in [-0.2, -0.15) is 4.98 Å². The zero-order valence-electron chi connectivity index (χ0n) is 14.9. The van der Waals surface area contributed by atoms with Gasteiger partial charge >= 0.3 is 0 Å². The normalized spacial score (nSPS) is 17.7. The van der Waals surface area contributed by atoms with E-state index in [1.165, 1.54) is 0 Å². The molecule has 1 unspecified atom stereocenters. The molecule has 26 heavy (non-hydrogen) atoms. The number of pyridine rings is 1. The van der Waals surface area contributed by atoms with Crippen molar-refractivity contribution in [1.82, 2.24) is 19.5 Å². The molecular formula is C16H23ClN5O3S-. The summed E-state index contributed by atoms with van der Waals surface area (Å²) in [5.41, 5.74) is 0.583. The molecule has 0 amide bonds. The second-order valence-electron chi connectivity index (χ2n) is 6.87. The second kappa shape index (κ2) is 8.51. The van der Waals surface area contributed by atoms with Gasteiger partial charge in [0, 0.05) is 25.3 Å². The van der Waals surface area contributed by atoms with E-state index in [0.29, 0.717) is 34.9 Å². The highest BCUT2D eigenvalue weighted by atomic mass is 35.5. The molecule has 3 rings (SSSR count). The fourth-order valence-corrected chi connectivity index (χ4v) is 3.64. The molecule has 0 bridgehead atoms. The molecule has 0 aliphatic carbocycles. The van der Waals surface area contributed by atoms with Gasteiger partial charge in [0.1, 0.15) is 0 Å². The number of ether oxygens (including phenoxy) is 1. The summed E-state index contributed by atoms with van der Waals surface area (Å²) in [5, 5.41) is 8.29. The summed E-state index contributed by atoms with van der Waals surface area (Å²) in [7, 11) is 0. The van der Waals surface area contributed by atoms with E-state index in [2.05, 4.69) is 29.2 Å². The minimum atomic E-state index is -2.03. The first kappa shape index (κ1) is 19.3. The van der Waals surface area contributed by atoms with Gasteiger partial charge in [0.05, 0.1) is 17.5 Å². The van der Waals surface area contributed by atoms with Crippen molar-refractivity contribution in [1.29, 1.82) is 0 Å². The van der Waals surface area contributed by atoms with Gasteiger partial charge < -0.3 is 14.6 Å². The molecule has 8 nitrogen and oxygen atoms in total. The highest BCUT2D eigenvalue weighted by molar-refractivity contribution is 7.79. The molecule has 2 aromatic heterocycles. The number of likely N-dealkylation sites (tertiary alicyclic amines) is 1. The molecule has 0 saturated carbocycles. The number of piperidine rings is 1. The Balaban J connectivity index is 1.68. The Morgan fingerprint density at radius 2 is 2.19 bits per heavy atom. The van der Waals surface area contributed by atoms with Gasteiger partial charge in [-0.15, -0.1) is 5.10 Å². The number of hydrogen-bond donors (Lipinski definition) is 1. The summed E-state index contributed by atoms with van der Waals surface area (Å²) in [6.07, 6.45) is 3.43. The zero-order valence-corrected chi connectivity index (χ0v) is 16.4. The fraction of sp³-hybridized carbons (Fsp3) is 0.625. The molecule has 10 heteroatoms. The Kier molecular flexibility index (Phi) is 6.33. The highest BCUT2D eigenvalue weighted by Gasteiger charge is 2.21. The largest absolute Gasteiger partial charge is 0.771 e. The number of fused-ring (bicyclic) bond motifs is 1. The lowest BCUT2D eigenvalue weighted by Crippen LogP contribution is -2.40. The Morgan fingerprint density at radius 1 is 1.46 bits per heavy atom. The first-order valence-electron chi connectivity index (χ1n) is 8.65. The lowest BCUT2D eigenvalue weighted by molar-refractivity contribution is 0.247. The molecule has 2 aromatic rings. The van der Waals surface area contributed by atoms with Crippen LogP contribution in [0.1, 0.15) is 26.7 Å². The van der Waals surface area contributed by atoms with Crippen molar-refractivity contribution < 1.29 is 13.5 Å². The molecule has 0 aromatic carbocycles. The third-order valence-corrected chi connectivity index (χ3v) is 5.06. The van der Waals surface area contributed by atoms with Crippen molar-refractivity contribution in [2.75, 3.05) is 30.9 Å². The zero-order chi connectivity index (χ0) is 18.7. The van der Waals surface area contributed by atoms with E-state index in [9.17, 15) is 8.76 Å². The highest BCUT2D eigenvalue weighted by Crippen LogP contribution is 2.29. The number of hydrogen-bond acceptors (Lipinski definition) is 7. The van der Waals surface area contributed by atoms with Crippen LogP contribution < -0.4 is 10.1 Å². The SMILES string of the molecule is CC(C)COc1c(Cl)ccn2nc(NC3CCN(CS(=O)[O-])CC3)nc12. The summed E-state index contributed by atoms with van der Waals surface area (Å²) in [6.45, 7) is 6.15. The molecule has 1 atom stereocenters. The predicted molar refractivity (Wildman–Crippen MR) is 100 cm³/mol. The van der Waals surface area contributed by atoms with E-state index in [-0.39, 0.29) is 11.9 Å². The van der Waals surface area contributed by atoms with Crippen LogP contribution in [0, 0.1) is 5.92 Å². The minimum absolute atomic E-state index is 0.0917. The Hall–Kier alpha value is -1.42. The molecule has 1 aliphatic rings. The number of rotatable bonds is 7. The average molecular weight is 401 g/mol. The smallest absolute Gasteiger partial charge is 0.243 e. The molecular weight excluding hydrogens is 378 g/mol. The van der Waals surface area contributed by atoms with Crippen LogP contribution >= 0.6 is 11.6 Å². The van der Waals surface area contributed by atoms with Crippen molar-refractivity contribution >= 4 is 34.3 Å². The number of nitrogens with zero attached hydrogens (tertiary/aromatic N) is 4. The Morgan fingerprint density at radius 3 is 2.85 bits per heavy atom. The first-order valence-corrected chi connectivity index (χ1v) is 10.3. The van der Waals surface area contributed by atoms with Crippen molar-refractivity contribution in [3.63, 3.8) is 0 Å². The van der Waals surface area contributed by atoms with E-state index in [1.807, 2.05) is 4.90 Å². The summed E-state index contributed by atoms with van der Waals surface area (Å²) in [5.74, 6) is 1.53. The molecule has 1 saturated heterocycles. The quantitative estimate of drug-likeness (QED) is 0.711. The van der Waals surface area contributed by atoms with Crippen LogP contribution in [-0.2, 0) is 11.1 Å². The van der Waals surface area contributed by atoms with Gasteiger partial charge in [-0.25, -0.2) is 4.52 Å². The van der Waals surface area contributed by atoms with E-state index in [1.54, 1.807) is 16.8 Å². The van der Waals surface area contributed by atoms with Crippen LogP contribution in [0.15, 0.2) is 12.3 Å². The van der Waals surface area contributed by atoms with Gasteiger partial charge in [-0.05, 0) is 35.9 Å². The number of aromatic nitrogens is 3. The molecule has 1 aliphatic heterocycles. The third-order valence-electron chi connectivity index (χ3n) is 4.18. The lowest BCUT2D eigenvalue weighted by Gasteiger charge is -2.32. The molecule has 144 valence electrons. The standard InChI is InChI=1S/C16H24ClN5O3S/c1-11(2)9-25-14-13(17)5-8-22-15(14)19-16(20-22)18-12-3-6-21(7-4-12)10-26(23)24/h5,8,11-12H,3-4,6-7,9-10H2,1-2H3,(H,18,20)(H,23,24)/p-1. The maximum absolute atomic E-state index is 10.8. The summed E-state index contributed by atoms with van der Waals surface area (Å²) in [4.78, 5) is 6.46. The van der Waals surface area contributed by atoms with Crippen molar-refractivity contribution in [3.05, 3.63) is 17.3 Å². The van der Waals surface area contributed by atoms with Gasteiger partial charge in [0.15, 0.2) is 5.75 Å². The van der Waals surface area contributed by atoms with Crippen molar-refractivity contribution in [3.8, 4) is 5.75 Å². The van der Waals surface area contributed by atoms with Crippen LogP contribution in [0.4, 0.5) is 5.95 Å². The van der Waals surface area contributed by atoms with Gasteiger partial charge in [-0.1, -0.05) is 25.4 Å². The third kappa shape index (κ3) is 4.85. The average Bonchev–Trinajstić information content (AvgIpc) is 2.97. The van der Waals surface area contributed by atoms with Crippen LogP contribution in [0.5, 0.6) is 5.75 Å². The summed E-state index contributed by atoms with van der Waals surface area (Å²) in [6, 6.07) is 1.95. The van der Waals surface area contributed by atoms with E-state index < -0.39 is 11.1 Å². The monoisotopic (exact) mass is 400 g/mol.